The lowest BCUT2D eigenvalue weighted by molar-refractivity contribution is -0.117. The lowest BCUT2D eigenvalue weighted by Gasteiger charge is -2.11. The van der Waals surface area contributed by atoms with Gasteiger partial charge in [0, 0.05) is 88.0 Å². The number of benzene rings is 3. The molecule has 0 amide bonds. The van der Waals surface area contributed by atoms with Gasteiger partial charge < -0.3 is 61.1 Å². The van der Waals surface area contributed by atoms with E-state index in [2.05, 4.69) is 91.7 Å². The summed E-state index contributed by atoms with van der Waals surface area (Å²) in [7, 11) is 5.24. The van der Waals surface area contributed by atoms with E-state index >= 15 is 0 Å². The van der Waals surface area contributed by atoms with Gasteiger partial charge in [0.15, 0.2) is 5.78 Å². The fourth-order valence-corrected chi connectivity index (χ4v) is 13.9. The van der Waals surface area contributed by atoms with Crippen LogP contribution in [0.25, 0.3) is 65.8 Å². The minimum atomic E-state index is -0.349. The van der Waals surface area contributed by atoms with Crippen molar-refractivity contribution in [1.82, 2.24) is 59.8 Å². The number of aromatic amines is 3. The zero-order chi connectivity index (χ0) is 69.8. The number of H-pyrrole nitrogens is 3. The largest absolute Gasteiger partial charge is 0.423 e. The van der Waals surface area contributed by atoms with E-state index in [0.717, 1.165) is 115 Å². The molecule has 0 atom stereocenters. The molecular formula is C72H75F3N18O6S2. The lowest BCUT2D eigenvalue weighted by atomic mass is 10.0. The Bertz CT molecular complexity index is 5000. The van der Waals surface area contributed by atoms with E-state index in [0.29, 0.717) is 152 Å². The van der Waals surface area contributed by atoms with Crippen molar-refractivity contribution in [3.8, 4) is 35.3 Å². The van der Waals surface area contributed by atoms with Gasteiger partial charge in [-0.3, -0.25) is 19.4 Å². The van der Waals surface area contributed by atoms with E-state index in [9.17, 15) is 27.6 Å². The average Bonchev–Trinajstić information content (AvgIpc) is 1.40. The highest BCUT2D eigenvalue weighted by Crippen LogP contribution is 2.40. The summed E-state index contributed by atoms with van der Waals surface area (Å²) in [4.78, 5) is 87.0. The van der Waals surface area contributed by atoms with Crippen molar-refractivity contribution in [3.05, 3.63) is 115 Å². The number of anilines is 6. The normalized spacial score (nSPS) is 15.4. The number of pyridine rings is 3. The molecule has 24 nitrogen and oxygen atoms in total. The molecule has 0 spiro atoms. The standard InChI is InChI=1S/C25H27FN6O2S.C24H25FN6O2.C23H23FN6O2S/c1-27-19-12-15(26)11-18-21-23-28-10-6-4-2-3-5-7-16(33)14-35-20-9-8-17(13-29-20)34-25(31-23)32-24(21)30-22(18)19;1-26-18-11-15(25)10-17-20-22-28-8-6-4-2-3-5-7-19(32)14-9-16(13-27-12-14)33-24(30-22)31-23(20)29-21(17)18;1-25-17-10-13(24)9-16-19-21-26-8-4-2-3-5-14(31)12-33-18-7-6-15(11-27-18)32-23(29-21)30-22(19)28-20(16)17/h8-9,11-13,27H,2-7,10,14H2,1H3,(H2,28,30,31,32);9-13,26H,2-8H2,1H3,(H2,28,29,30,31);6-7,9-11,25H,2-5,8,12H2,1H3,(H2,26,28,29,30). The first-order valence-corrected chi connectivity index (χ1v) is 35.9. The molecule has 14 heterocycles. The van der Waals surface area contributed by atoms with Gasteiger partial charge in [0.1, 0.15) is 80.7 Å². The van der Waals surface area contributed by atoms with Gasteiger partial charge >= 0.3 is 18.0 Å². The molecule has 0 unspecified atom stereocenters. The van der Waals surface area contributed by atoms with Crippen LogP contribution in [-0.4, -0.2) is 129 Å². The molecule has 101 heavy (non-hydrogen) atoms. The number of nitrogens with one attached hydrogen (secondary N) is 9. The summed E-state index contributed by atoms with van der Waals surface area (Å²) in [6.45, 7) is 2.08. The fraction of sp³-hybridized carbons (Fsp3) is 0.333. The van der Waals surface area contributed by atoms with Crippen LogP contribution in [0.1, 0.15) is 113 Å². The van der Waals surface area contributed by atoms with E-state index in [4.69, 9.17) is 14.2 Å². The van der Waals surface area contributed by atoms with Crippen LogP contribution >= 0.6 is 23.5 Å². The summed E-state index contributed by atoms with van der Waals surface area (Å²) < 4.78 is 60.7. The number of ether oxygens (including phenoxy) is 3. The number of carbonyl (C=O) groups excluding carboxylic acids is 3. The number of aromatic nitrogens is 12. The highest BCUT2D eigenvalue weighted by Gasteiger charge is 2.23. The van der Waals surface area contributed by atoms with Crippen LogP contribution in [0.15, 0.2) is 102 Å². The molecule has 5 aliphatic rings. The molecule has 12 aromatic rings. The zero-order valence-corrected chi connectivity index (χ0v) is 57.6. The van der Waals surface area contributed by atoms with E-state index in [1.165, 1.54) is 66.1 Å². The van der Waals surface area contributed by atoms with Gasteiger partial charge in [0.05, 0.1) is 89.9 Å². The van der Waals surface area contributed by atoms with Crippen molar-refractivity contribution in [1.29, 1.82) is 0 Å². The second kappa shape index (κ2) is 32.2. The van der Waals surface area contributed by atoms with Crippen LogP contribution < -0.4 is 46.1 Å². The molecule has 3 aromatic carbocycles. The molecule has 29 heteroatoms. The predicted octanol–water partition coefficient (Wildman–Crippen LogP) is 16.5. The van der Waals surface area contributed by atoms with Crippen molar-refractivity contribution < 1.29 is 41.8 Å². The van der Waals surface area contributed by atoms with Gasteiger partial charge in [-0.05, 0) is 105 Å². The highest BCUT2D eigenvalue weighted by molar-refractivity contribution is 8.00. The Hall–Kier alpha value is -10.6. The Balaban J connectivity index is 0.000000136. The van der Waals surface area contributed by atoms with Crippen LogP contribution in [0, 0.1) is 17.5 Å². The third-order valence-electron chi connectivity index (χ3n) is 17.4. The maximum absolute atomic E-state index is 14.4. The molecule has 0 radical (unpaired) electrons. The molecule has 0 fully saturated rings. The van der Waals surface area contributed by atoms with Crippen LogP contribution in [0.5, 0.6) is 35.3 Å². The molecule has 5 aliphatic heterocycles. The molecule has 0 aliphatic carbocycles. The maximum atomic E-state index is 14.4. The fourth-order valence-electron chi connectivity index (χ4n) is 12.4. The van der Waals surface area contributed by atoms with Gasteiger partial charge in [0.2, 0.25) is 0 Å². The van der Waals surface area contributed by atoms with E-state index in [1.54, 1.807) is 57.9 Å². The Labute approximate surface area is 586 Å². The number of thioether (sulfide) groups is 2. The number of hydrogen-bond acceptors (Lipinski definition) is 23. The minimum Gasteiger partial charge on any atom is -0.423 e. The molecular weight excluding hydrogens is 1330 g/mol. The summed E-state index contributed by atoms with van der Waals surface area (Å²) in [6.07, 6.45) is 20.5. The van der Waals surface area contributed by atoms with E-state index in [1.807, 2.05) is 12.1 Å². The monoisotopic (exact) mass is 1410 g/mol. The molecule has 17 rings (SSSR count). The first-order valence-electron chi connectivity index (χ1n) is 33.9. The van der Waals surface area contributed by atoms with Gasteiger partial charge in [-0.2, -0.15) is 29.9 Å². The highest BCUT2D eigenvalue weighted by atomic mass is 32.2. The number of halogens is 3. The first-order chi connectivity index (χ1) is 49.3. The molecule has 522 valence electrons. The Morgan fingerprint density at radius 3 is 1.19 bits per heavy atom. The summed E-state index contributed by atoms with van der Waals surface area (Å²) in [5.74, 6) is 3.42. The molecule has 0 saturated carbocycles. The Morgan fingerprint density at radius 2 is 0.792 bits per heavy atom. The van der Waals surface area contributed by atoms with Gasteiger partial charge in [-0.1, -0.05) is 68.5 Å². The van der Waals surface area contributed by atoms with Crippen LogP contribution in [-0.2, 0) is 9.59 Å². The van der Waals surface area contributed by atoms with Crippen LogP contribution in [0.4, 0.5) is 47.7 Å². The smallest absolute Gasteiger partial charge is 0.326 e. The summed E-state index contributed by atoms with van der Waals surface area (Å²) in [6, 6.07) is 18.1. The van der Waals surface area contributed by atoms with E-state index < -0.39 is 0 Å². The molecule has 9 N–H and O–H groups in total. The number of Topliss-reactive ketones (excluding diaryl/α,β-unsaturated/α-hetero) is 3. The first kappa shape index (κ1) is 69.0. The quantitative estimate of drug-likeness (QED) is 0.0794. The van der Waals surface area contributed by atoms with Crippen LogP contribution in [0.3, 0.4) is 0 Å². The van der Waals surface area contributed by atoms with Crippen molar-refractivity contribution >= 4 is 141 Å². The SMILES string of the molecule is CNc1cc(F)cc2c1[nH]c1nc3nc(c12)NCCCCCC(=O)CSc1ccc(cn1)O3.CNc1cc(F)cc2c1[nH]c1nc3nc(c12)NCCCCCCCC(=O)CSc1ccc(cn1)O3.CNc1cc(F)cc2c1[nH]c1nc3nc(c12)NCCCCCCCC(=O)c1cncc(c1)O3. The number of carbonyl (C=O) groups is 3. The number of rotatable bonds is 3. The van der Waals surface area contributed by atoms with Gasteiger partial charge in [-0.25, -0.2) is 23.1 Å². The van der Waals surface area contributed by atoms with Crippen molar-refractivity contribution in [2.75, 3.05) is 84.2 Å². The average molecular weight is 1410 g/mol. The second-order valence-electron chi connectivity index (χ2n) is 24.6. The lowest BCUT2D eigenvalue weighted by Crippen LogP contribution is -2.06. The summed E-state index contributed by atoms with van der Waals surface area (Å²) >= 11 is 2.86. The third-order valence-corrected chi connectivity index (χ3v) is 19.4. The topological polar surface area (TPSA) is 314 Å². The maximum Gasteiger partial charge on any atom is 0.326 e. The van der Waals surface area contributed by atoms with Crippen molar-refractivity contribution in [2.45, 2.75) is 113 Å². The Kier molecular flexibility index (Phi) is 22.0. The molecule has 12 bridgehead atoms. The number of ketones is 3. The zero-order valence-electron chi connectivity index (χ0n) is 55.9. The molecule has 0 saturated heterocycles. The molecule has 9 aromatic heterocycles. The van der Waals surface area contributed by atoms with E-state index in [-0.39, 0.29) is 52.8 Å². The van der Waals surface area contributed by atoms with Crippen LogP contribution in [0.2, 0.25) is 0 Å². The Morgan fingerprint density at radius 1 is 0.416 bits per heavy atom. The minimum absolute atomic E-state index is 0.0519. The third kappa shape index (κ3) is 16.7. The van der Waals surface area contributed by atoms with Crippen molar-refractivity contribution in [2.24, 2.45) is 0 Å². The summed E-state index contributed by atoms with van der Waals surface area (Å²) in [5, 5.41) is 25.0. The predicted molar refractivity (Wildman–Crippen MR) is 391 cm³/mol. The second-order valence-corrected chi connectivity index (χ2v) is 26.6. The van der Waals surface area contributed by atoms with Gasteiger partial charge in [0.25, 0.3) is 0 Å². The summed E-state index contributed by atoms with van der Waals surface area (Å²) in [5.41, 5.74) is 6.28. The number of nitrogens with zero attached hydrogens (tertiary/aromatic N) is 9. The number of hydrogen-bond donors (Lipinski definition) is 9. The van der Waals surface area contributed by atoms with Gasteiger partial charge in [-0.15, -0.1) is 0 Å². The number of fused-ring (bicyclic) bond motifs is 36. The van der Waals surface area contributed by atoms with Crippen molar-refractivity contribution in [3.63, 3.8) is 0 Å².